The van der Waals surface area contributed by atoms with Gasteiger partial charge >= 0.3 is 0 Å². The van der Waals surface area contributed by atoms with Crippen LogP contribution in [0.2, 0.25) is 0 Å². The summed E-state index contributed by atoms with van der Waals surface area (Å²) in [7, 11) is 0. The monoisotopic (exact) mass is 506 g/mol. The van der Waals surface area contributed by atoms with Gasteiger partial charge in [0.15, 0.2) is 5.78 Å². The number of fused-ring (bicyclic) bond motifs is 1. The lowest BCUT2D eigenvalue weighted by Crippen LogP contribution is -2.25. The normalized spacial score (nSPS) is 11.5. The van der Waals surface area contributed by atoms with Crippen LogP contribution in [0.4, 0.5) is 0 Å². The van der Waals surface area contributed by atoms with Gasteiger partial charge in [-0.15, -0.1) is 0 Å². The zero-order chi connectivity index (χ0) is 27.3. The van der Waals surface area contributed by atoms with Crippen molar-refractivity contribution in [1.29, 1.82) is 0 Å². The average molecular weight is 507 g/mol. The molecule has 0 atom stereocenters. The molecule has 0 saturated carbocycles. The van der Waals surface area contributed by atoms with E-state index in [-0.39, 0.29) is 17.1 Å². The summed E-state index contributed by atoms with van der Waals surface area (Å²) in [4.78, 5) is 30.7. The molecule has 0 spiro atoms. The third-order valence-electron chi connectivity index (χ3n) is 6.81. The maximum atomic E-state index is 13.4. The van der Waals surface area contributed by atoms with Crippen molar-refractivity contribution in [3.63, 3.8) is 0 Å². The molecule has 1 amide bonds. The summed E-state index contributed by atoms with van der Waals surface area (Å²) in [5.74, 6) is 0.0925. The van der Waals surface area contributed by atoms with Crippen LogP contribution < -0.4 is 5.32 Å². The summed E-state index contributed by atoms with van der Waals surface area (Å²) >= 11 is 0. The molecule has 0 aliphatic carbocycles. The lowest BCUT2D eigenvalue weighted by Gasteiger charge is -2.19. The first-order valence-electron chi connectivity index (χ1n) is 13.5. The van der Waals surface area contributed by atoms with Crippen molar-refractivity contribution in [1.82, 2.24) is 10.3 Å². The molecule has 0 unspecified atom stereocenters. The largest absolute Gasteiger partial charge is 0.352 e. The zero-order valence-electron chi connectivity index (χ0n) is 23.2. The number of carbonyl (C=O) groups excluding carboxylic acids is 2. The van der Waals surface area contributed by atoms with Crippen LogP contribution in [-0.2, 0) is 6.42 Å². The number of hydrogen-bond acceptors (Lipinski definition) is 3. The molecule has 0 radical (unpaired) electrons. The number of unbranched alkanes of at least 4 members (excludes halogenated alkanes) is 1. The maximum Gasteiger partial charge on any atom is 0.251 e. The zero-order valence-corrected chi connectivity index (χ0v) is 23.2. The number of nitrogens with zero attached hydrogens (tertiary/aromatic N) is 1. The summed E-state index contributed by atoms with van der Waals surface area (Å²) in [6, 6.07) is 22.5. The number of ketones is 1. The maximum absolute atomic E-state index is 13.4. The van der Waals surface area contributed by atoms with E-state index in [4.69, 9.17) is 0 Å². The Kier molecular flexibility index (Phi) is 8.41. The highest BCUT2D eigenvalue weighted by Crippen LogP contribution is 2.32. The second kappa shape index (κ2) is 11.7. The van der Waals surface area contributed by atoms with Crippen molar-refractivity contribution in [3.05, 3.63) is 101 Å². The number of aromatic nitrogens is 1. The lowest BCUT2D eigenvalue weighted by atomic mass is 9.85. The van der Waals surface area contributed by atoms with Gasteiger partial charge in [0, 0.05) is 35.7 Å². The molecule has 38 heavy (non-hydrogen) atoms. The molecule has 0 aliphatic rings. The molecule has 0 aliphatic heterocycles. The van der Waals surface area contributed by atoms with Crippen molar-refractivity contribution in [2.75, 3.05) is 6.54 Å². The van der Waals surface area contributed by atoms with Gasteiger partial charge in [0.25, 0.3) is 5.91 Å². The Balaban J connectivity index is 1.77. The van der Waals surface area contributed by atoms with Crippen LogP contribution in [0.3, 0.4) is 0 Å². The number of carbonyl (C=O) groups is 2. The molecule has 196 valence electrons. The van der Waals surface area contributed by atoms with Gasteiger partial charge in [-0.3, -0.25) is 14.6 Å². The van der Waals surface area contributed by atoms with Gasteiger partial charge in [-0.25, -0.2) is 0 Å². The Morgan fingerprint density at radius 3 is 2.29 bits per heavy atom. The summed E-state index contributed by atoms with van der Waals surface area (Å²) in [6.45, 7) is 11.0. The van der Waals surface area contributed by atoms with Crippen molar-refractivity contribution in [3.8, 4) is 11.1 Å². The first kappa shape index (κ1) is 27.3. The van der Waals surface area contributed by atoms with Crippen LogP contribution in [0.25, 0.3) is 22.0 Å². The second-order valence-corrected chi connectivity index (χ2v) is 11.3. The van der Waals surface area contributed by atoms with E-state index in [0.717, 1.165) is 51.6 Å². The van der Waals surface area contributed by atoms with Crippen LogP contribution >= 0.6 is 0 Å². The van der Waals surface area contributed by atoms with Crippen molar-refractivity contribution in [2.24, 2.45) is 5.41 Å². The summed E-state index contributed by atoms with van der Waals surface area (Å²) in [5.41, 5.74) is 7.34. The Morgan fingerprint density at radius 2 is 1.61 bits per heavy atom. The number of aryl methyl sites for hydroxylation is 1. The van der Waals surface area contributed by atoms with Gasteiger partial charge in [-0.2, -0.15) is 0 Å². The molecule has 4 rings (SSSR count). The fourth-order valence-corrected chi connectivity index (χ4v) is 4.81. The smallest absolute Gasteiger partial charge is 0.251 e. The third-order valence-corrected chi connectivity index (χ3v) is 6.81. The number of rotatable bonds is 9. The number of Topliss-reactive ketones (excluding diaryl/α,β-unsaturated/α-hetero) is 1. The van der Waals surface area contributed by atoms with E-state index in [1.165, 1.54) is 0 Å². The van der Waals surface area contributed by atoms with E-state index in [0.29, 0.717) is 30.5 Å². The predicted molar refractivity (Wildman–Crippen MR) is 157 cm³/mol. The lowest BCUT2D eigenvalue weighted by molar-refractivity contribution is 0.0934. The van der Waals surface area contributed by atoms with Crippen LogP contribution in [-0.4, -0.2) is 23.2 Å². The van der Waals surface area contributed by atoms with Crippen LogP contribution in [0.1, 0.15) is 84.4 Å². The fraction of sp³-hybridized carbons (Fsp3) is 0.324. The van der Waals surface area contributed by atoms with Gasteiger partial charge in [0.1, 0.15) is 0 Å². The highest BCUT2D eigenvalue weighted by atomic mass is 16.1. The van der Waals surface area contributed by atoms with Gasteiger partial charge in [-0.1, -0.05) is 82.6 Å². The molecule has 4 nitrogen and oxygen atoms in total. The number of amides is 1. The van der Waals surface area contributed by atoms with Crippen LogP contribution in [0, 0.1) is 12.3 Å². The second-order valence-electron chi connectivity index (χ2n) is 11.3. The van der Waals surface area contributed by atoms with Gasteiger partial charge in [0.05, 0.1) is 5.52 Å². The van der Waals surface area contributed by atoms with E-state index in [1.807, 2.05) is 43.3 Å². The Bertz CT molecular complexity index is 1450. The fourth-order valence-electron chi connectivity index (χ4n) is 4.81. The minimum absolute atomic E-state index is 0.0302. The molecule has 0 fully saturated rings. The molecule has 4 aromatic rings. The van der Waals surface area contributed by atoms with E-state index in [9.17, 15) is 9.59 Å². The van der Waals surface area contributed by atoms with Crippen molar-refractivity contribution in [2.45, 2.75) is 60.3 Å². The number of nitrogens with one attached hydrogen (secondary N) is 1. The van der Waals surface area contributed by atoms with Crippen molar-refractivity contribution < 1.29 is 9.59 Å². The Labute approximate surface area is 226 Å². The number of pyridine rings is 1. The van der Waals surface area contributed by atoms with E-state index < -0.39 is 0 Å². The molecule has 1 aromatic heterocycles. The van der Waals surface area contributed by atoms with Crippen molar-refractivity contribution >= 4 is 22.6 Å². The summed E-state index contributed by atoms with van der Waals surface area (Å²) in [5, 5.41) is 4.00. The first-order chi connectivity index (χ1) is 18.2. The van der Waals surface area contributed by atoms with E-state index in [1.54, 1.807) is 6.20 Å². The standard InChI is InChI=1S/C34H38N2O2/c1-6-7-17-35-33(38)27-15-13-25(18-23(27)2)26-14-16-31-29(20-26)28(19-24-11-9-8-10-12-24)30(22-36-31)32(37)21-34(3,4)5/h8-16,18,20,22H,6-7,17,19,21H2,1-5H3,(H,35,38). The molecule has 1 heterocycles. The van der Waals surface area contributed by atoms with E-state index in [2.05, 4.69) is 68.3 Å². The number of benzene rings is 3. The number of hydrogen-bond donors (Lipinski definition) is 1. The topological polar surface area (TPSA) is 59.1 Å². The molecule has 0 bridgehead atoms. The molecule has 4 heteroatoms. The predicted octanol–water partition coefficient (Wildman–Crippen LogP) is 7.95. The Hall–Kier alpha value is -3.79. The molecular weight excluding hydrogens is 468 g/mol. The average Bonchev–Trinajstić information content (AvgIpc) is 2.88. The third kappa shape index (κ3) is 6.55. The quantitative estimate of drug-likeness (QED) is 0.185. The molecule has 3 aromatic carbocycles. The molecule has 0 saturated heterocycles. The summed E-state index contributed by atoms with van der Waals surface area (Å²) in [6.07, 6.45) is 4.89. The minimum atomic E-state index is -0.111. The van der Waals surface area contributed by atoms with E-state index >= 15 is 0 Å². The molecule has 1 N–H and O–H groups in total. The molecular formula is C34H38N2O2. The highest BCUT2D eigenvalue weighted by molar-refractivity contribution is 6.02. The first-order valence-corrected chi connectivity index (χ1v) is 13.5. The van der Waals surface area contributed by atoms with Gasteiger partial charge < -0.3 is 5.32 Å². The summed E-state index contributed by atoms with van der Waals surface area (Å²) < 4.78 is 0. The van der Waals surface area contributed by atoms with Gasteiger partial charge in [0.2, 0.25) is 0 Å². The van der Waals surface area contributed by atoms with Crippen LogP contribution in [0.15, 0.2) is 72.9 Å². The highest BCUT2D eigenvalue weighted by Gasteiger charge is 2.22. The van der Waals surface area contributed by atoms with Gasteiger partial charge in [-0.05, 0) is 71.2 Å². The Morgan fingerprint density at radius 1 is 0.895 bits per heavy atom. The SMILES string of the molecule is CCCCNC(=O)c1ccc(-c2ccc3ncc(C(=O)CC(C)(C)C)c(Cc4ccccc4)c3c2)cc1C. The minimum Gasteiger partial charge on any atom is -0.352 e. The van der Waals surface area contributed by atoms with Crippen LogP contribution in [0.5, 0.6) is 0 Å².